The van der Waals surface area contributed by atoms with Crippen molar-refractivity contribution in [3.63, 3.8) is 0 Å². The molecule has 0 bridgehead atoms. The normalized spacial score (nSPS) is 13.2. The number of hydrogen-bond acceptors (Lipinski definition) is 4. The first-order chi connectivity index (χ1) is 9.00. The number of benzene rings is 1. The number of fused-ring (bicyclic) bond motifs is 1. The minimum Gasteiger partial charge on any atom is -0.454 e. The molecule has 0 aliphatic carbocycles. The van der Waals surface area contributed by atoms with E-state index in [1.165, 1.54) is 0 Å². The number of nitrogens with one attached hydrogen (secondary N) is 2. The van der Waals surface area contributed by atoms with Crippen LogP contribution >= 0.6 is 0 Å². The first-order valence-corrected chi connectivity index (χ1v) is 6.45. The number of amides is 1. The topological polar surface area (TPSA) is 59.6 Å². The molecular weight excluding hydrogens is 244 g/mol. The summed E-state index contributed by atoms with van der Waals surface area (Å²) in [6.07, 6.45) is 0.892. The van der Waals surface area contributed by atoms with Crippen LogP contribution in [0.1, 0.15) is 27.2 Å². The number of carbonyl (C=O) groups excluding carboxylic acids is 1. The molecule has 19 heavy (non-hydrogen) atoms. The molecule has 104 valence electrons. The third kappa shape index (κ3) is 3.53. The molecule has 0 radical (unpaired) electrons. The van der Waals surface area contributed by atoms with Crippen LogP contribution in [0.25, 0.3) is 0 Å². The summed E-state index contributed by atoms with van der Waals surface area (Å²) < 4.78 is 10.5. The molecule has 2 N–H and O–H groups in total. The molecule has 2 rings (SSSR count). The standard InChI is InChI=1S/C14H20N2O3/c1-4-14(2,3)16-13(17)8-15-10-5-6-11-12(7-10)19-9-18-11/h5-7,15H,4,8-9H2,1-3H3,(H,16,17). The number of carbonyl (C=O) groups is 1. The second-order valence-electron chi connectivity index (χ2n) is 5.21. The predicted octanol–water partition coefficient (Wildman–Crippen LogP) is 2.13. The molecule has 1 aliphatic heterocycles. The van der Waals surface area contributed by atoms with E-state index in [2.05, 4.69) is 10.6 Å². The van der Waals surface area contributed by atoms with Crippen molar-refractivity contribution in [2.24, 2.45) is 0 Å². The van der Waals surface area contributed by atoms with Crippen molar-refractivity contribution in [2.45, 2.75) is 32.7 Å². The Morgan fingerprint density at radius 1 is 1.32 bits per heavy atom. The molecule has 5 heteroatoms. The van der Waals surface area contributed by atoms with Gasteiger partial charge in [0.15, 0.2) is 11.5 Å². The number of anilines is 1. The average molecular weight is 264 g/mol. The van der Waals surface area contributed by atoms with Gasteiger partial charge in [0, 0.05) is 17.3 Å². The van der Waals surface area contributed by atoms with Crippen LogP contribution in [-0.2, 0) is 4.79 Å². The summed E-state index contributed by atoms with van der Waals surface area (Å²) >= 11 is 0. The van der Waals surface area contributed by atoms with Gasteiger partial charge in [-0.15, -0.1) is 0 Å². The quantitative estimate of drug-likeness (QED) is 0.855. The van der Waals surface area contributed by atoms with E-state index < -0.39 is 0 Å². The van der Waals surface area contributed by atoms with Gasteiger partial charge in [0.1, 0.15) is 0 Å². The Bertz CT molecular complexity index is 472. The molecule has 0 spiro atoms. The lowest BCUT2D eigenvalue weighted by Gasteiger charge is -2.24. The summed E-state index contributed by atoms with van der Waals surface area (Å²) in [6.45, 7) is 6.55. The maximum atomic E-state index is 11.8. The fourth-order valence-electron chi connectivity index (χ4n) is 1.70. The number of ether oxygens (including phenoxy) is 2. The van der Waals surface area contributed by atoms with Crippen molar-refractivity contribution < 1.29 is 14.3 Å². The molecule has 1 aromatic rings. The zero-order valence-corrected chi connectivity index (χ0v) is 11.6. The van der Waals surface area contributed by atoms with Crippen LogP contribution in [0.2, 0.25) is 0 Å². The number of rotatable bonds is 5. The summed E-state index contributed by atoms with van der Waals surface area (Å²) in [6, 6.07) is 5.53. The first kappa shape index (κ1) is 13.5. The van der Waals surface area contributed by atoms with Gasteiger partial charge in [0.2, 0.25) is 12.7 Å². The van der Waals surface area contributed by atoms with Crippen LogP contribution in [0.15, 0.2) is 18.2 Å². The van der Waals surface area contributed by atoms with E-state index in [4.69, 9.17) is 9.47 Å². The molecule has 5 nitrogen and oxygen atoms in total. The van der Waals surface area contributed by atoms with Crippen LogP contribution in [0.5, 0.6) is 11.5 Å². The van der Waals surface area contributed by atoms with Gasteiger partial charge < -0.3 is 20.1 Å². The van der Waals surface area contributed by atoms with Crippen molar-refractivity contribution >= 4 is 11.6 Å². The molecule has 0 atom stereocenters. The Balaban J connectivity index is 1.87. The maximum Gasteiger partial charge on any atom is 0.239 e. The van der Waals surface area contributed by atoms with E-state index >= 15 is 0 Å². The van der Waals surface area contributed by atoms with Crippen molar-refractivity contribution in [3.8, 4) is 11.5 Å². The van der Waals surface area contributed by atoms with E-state index in [9.17, 15) is 4.79 Å². The Morgan fingerprint density at radius 2 is 2.05 bits per heavy atom. The van der Waals surface area contributed by atoms with Crippen LogP contribution in [0.4, 0.5) is 5.69 Å². The monoisotopic (exact) mass is 264 g/mol. The zero-order valence-electron chi connectivity index (χ0n) is 11.6. The molecule has 0 unspecified atom stereocenters. The molecule has 1 aliphatic rings. The van der Waals surface area contributed by atoms with E-state index in [1.54, 1.807) is 0 Å². The third-order valence-electron chi connectivity index (χ3n) is 3.19. The van der Waals surface area contributed by atoms with E-state index in [-0.39, 0.29) is 24.8 Å². The van der Waals surface area contributed by atoms with Crippen LogP contribution < -0.4 is 20.1 Å². The SMILES string of the molecule is CCC(C)(C)NC(=O)CNc1ccc2c(c1)OCO2. The van der Waals surface area contributed by atoms with Gasteiger partial charge >= 0.3 is 0 Å². The smallest absolute Gasteiger partial charge is 0.239 e. The molecule has 0 aromatic heterocycles. The predicted molar refractivity (Wildman–Crippen MR) is 73.6 cm³/mol. The summed E-state index contributed by atoms with van der Waals surface area (Å²) in [5, 5.41) is 6.04. The van der Waals surface area contributed by atoms with Crippen LogP contribution in [0, 0.1) is 0 Å². The van der Waals surface area contributed by atoms with Crippen molar-refractivity contribution in [2.75, 3.05) is 18.7 Å². The lowest BCUT2D eigenvalue weighted by Crippen LogP contribution is -2.45. The molecular formula is C14H20N2O3. The molecule has 1 aromatic carbocycles. The molecule has 0 fully saturated rings. The van der Waals surface area contributed by atoms with E-state index in [1.807, 2.05) is 39.0 Å². The summed E-state index contributed by atoms with van der Waals surface area (Å²) in [5.41, 5.74) is 0.668. The first-order valence-electron chi connectivity index (χ1n) is 6.45. The van der Waals surface area contributed by atoms with Crippen molar-refractivity contribution in [3.05, 3.63) is 18.2 Å². The average Bonchev–Trinajstić information content (AvgIpc) is 2.83. The fraction of sp³-hybridized carbons (Fsp3) is 0.500. The van der Waals surface area contributed by atoms with Gasteiger partial charge in [0.05, 0.1) is 6.54 Å². The Labute approximate surface area is 113 Å². The number of hydrogen-bond donors (Lipinski definition) is 2. The third-order valence-corrected chi connectivity index (χ3v) is 3.19. The minimum atomic E-state index is -0.173. The van der Waals surface area contributed by atoms with Crippen molar-refractivity contribution in [1.82, 2.24) is 5.32 Å². The zero-order chi connectivity index (χ0) is 13.9. The van der Waals surface area contributed by atoms with Gasteiger partial charge in [-0.2, -0.15) is 0 Å². The van der Waals surface area contributed by atoms with Crippen molar-refractivity contribution in [1.29, 1.82) is 0 Å². The lowest BCUT2D eigenvalue weighted by molar-refractivity contribution is -0.121. The van der Waals surface area contributed by atoms with E-state index in [0.29, 0.717) is 5.75 Å². The highest BCUT2D eigenvalue weighted by molar-refractivity contribution is 5.81. The fourth-order valence-corrected chi connectivity index (χ4v) is 1.70. The second-order valence-corrected chi connectivity index (χ2v) is 5.21. The maximum absolute atomic E-state index is 11.8. The summed E-state index contributed by atoms with van der Waals surface area (Å²) in [7, 11) is 0. The highest BCUT2D eigenvalue weighted by atomic mass is 16.7. The lowest BCUT2D eigenvalue weighted by atomic mass is 10.0. The Morgan fingerprint density at radius 3 is 2.79 bits per heavy atom. The second kappa shape index (κ2) is 5.38. The van der Waals surface area contributed by atoms with Gasteiger partial charge in [-0.05, 0) is 32.4 Å². The summed E-state index contributed by atoms with van der Waals surface area (Å²) in [4.78, 5) is 11.8. The van der Waals surface area contributed by atoms with Gasteiger partial charge in [-0.3, -0.25) is 4.79 Å². The summed E-state index contributed by atoms with van der Waals surface area (Å²) in [5.74, 6) is 1.42. The largest absolute Gasteiger partial charge is 0.454 e. The molecule has 0 saturated heterocycles. The molecule has 1 amide bonds. The molecule has 1 heterocycles. The Kier molecular flexibility index (Phi) is 3.83. The van der Waals surface area contributed by atoms with Crippen LogP contribution in [-0.4, -0.2) is 24.8 Å². The highest BCUT2D eigenvalue weighted by Crippen LogP contribution is 2.34. The van der Waals surface area contributed by atoms with Gasteiger partial charge in [0.25, 0.3) is 0 Å². The van der Waals surface area contributed by atoms with Crippen LogP contribution in [0.3, 0.4) is 0 Å². The highest BCUT2D eigenvalue weighted by Gasteiger charge is 2.18. The Hall–Kier alpha value is -1.91. The van der Waals surface area contributed by atoms with Gasteiger partial charge in [-0.25, -0.2) is 0 Å². The minimum absolute atomic E-state index is 0.0236. The van der Waals surface area contributed by atoms with Gasteiger partial charge in [-0.1, -0.05) is 6.92 Å². The molecule has 0 saturated carbocycles. The van der Waals surface area contributed by atoms with E-state index in [0.717, 1.165) is 17.9 Å².